The number of esters is 1. The van der Waals surface area contributed by atoms with Crippen molar-refractivity contribution < 1.29 is 14.3 Å². The topological polar surface area (TPSA) is 66.2 Å². The highest BCUT2D eigenvalue weighted by atomic mass is 16.5. The van der Waals surface area contributed by atoms with Crippen LogP contribution in [0.5, 0.6) is 0 Å². The Balaban J connectivity index is 1.16. The molecule has 4 saturated carbocycles. The van der Waals surface area contributed by atoms with Crippen molar-refractivity contribution in [3.63, 3.8) is 0 Å². The summed E-state index contributed by atoms with van der Waals surface area (Å²) in [5, 5.41) is 8.89. The summed E-state index contributed by atoms with van der Waals surface area (Å²) >= 11 is 0. The van der Waals surface area contributed by atoms with Gasteiger partial charge in [-0.3, -0.25) is 4.79 Å². The zero-order valence-corrected chi connectivity index (χ0v) is 26.5. The average Bonchev–Trinajstić information content (AvgIpc) is 3.46. The SMILES string of the molecule is CCOC(=O)[C@]1(C)CCC[C@@]2(C)[C@@H]3CC[C@@]4(C)C[C@]3(CC[C@@H]21)C[C@H]4OCc1cn(-c2ccc(C(C)(C)C)cc2)nn1. The number of hydrogen-bond acceptors (Lipinski definition) is 5. The minimum atomic E-state index is -0.348. The van der Waals surface area contributed by atoms with Crippen molar-refractivity contribution in [2.45, 2.75) is 124 Å². The number of carbonyl (C=O) groups is 1. The molecule has 0 amide bonds. The second-order valence-corrected chi connectivity index (χ2v) is 15.8. The van der Waals surface area contributed by atoms with Gasteiger partial charge in [0.2, 0.25) is 0 Å². The number of carbonyl (C=O) groups excluding carboxylic acids is 1. The summed E-state index contributed by atoms with van der Waals surface area (Å²) in [4.78, 5) is 13.2. The zero-order chi connectivity index (χ0) is 29.3. The molecule has 41 heavy (non-hydrogen) atoms. The van der Waals surface area contributed by atoms with Crippen molar-refractivity contribution in [3.8, 4) is 5.69 Å². The molecule has 224 valence electrons. The Morgan fingerprint density at radius 1 is 1.02 bits per heavy atom. The minimum Gasteiger partial charge on any atom is -0.466 e. The van der Waals surface area contributed by atoms with Gasteiger partial charge in [-0.1, -0.05) is 58.4 Å². The molecule has 1 aromatic heterocycles. The second kappa shape index (κ2) is 9.92. The normalized spacial score (nSPS) is 38.3. The van der Waals surface area contributed by atoms with Gasteiger partial charge in [-0.25, -0.2) is 4.68 Å². The average molecular weight is 562 g/mol. The fourth-order valence-corrected chi connectivity index (χ4v) is 10.3. The van der Waals surface area contributed by atoms with Crippen LogP contribution in [0.3, 0.4) is 0 Å². The van der Waals surface area contributed by atoms with Gasteiger partial charge in [0.1, 0.15) is 5.69 Å². The highest BCUT2D eigenvalue weighted by molar-refractivity contribution is 5.77. The van der Waals surface area contributed by atoms with Crippen molar-refractivity contribution in [2.75, 3.05) is 6.61 Å². The molecule has 6 heteroatoms. The largest absolute Gasteiger partial charge is 0.466 e. The van der Waals surface area contributed by atoms with Crippen molar-refractivity contribution in [3.05, 3.63) is 41.7 Å². The van der Waals surface area contributed by atoms with E-state index in [9.17, 15) is 4.79 Å². The van der Waals surface area contributed by atoms with E-state index < -0.39 is 0 Å². The summed E-state index contributed by atoms with van der Waals surface area (Å²) < 4.78 is 14.3. The first-order valence-electron chi connectivity index (χ1n) is 16.1. The smallest absolute Gasteiger partial charge is 0.312 e. The van der Waals surface area contributed by atoms with Crippen LogP contribution >= 0.6 is 0 Å². The molecule has 6 nitrogen and oxygen atoms in total. The van der Waals surface area contributed by atoms with E-state index in [4.69, 9.17) is 9.47 Å². The molecular formula is C35H51N3O3. The molecule has 7 atom stereocenters. The molecule has 4 aliphatic rings. The van der Waals surface area contributed by atoms with Crippen LogP contribution in [0.4, 0.5) is 0 Å². The third-order valence-corrected chi connectivity index (χ3v) is 12.3. The van der Waals surface area contributed by atoms with Crippen LogP contribution in [0.1, 0.15) is 118 Å². The maximum Gasteiger partial charge on any atom is 0.312 e. The van der Waals surface area contributed by atoms with Crippen molar-refractivity contribution >= 4 is 5.97 Å². The number of aromatic nitrogens is 3. The van der Waals surface area contributed by atoms with Crippen molar-refractivity contribution in [1.82, 2.24) is 15.0 Å². The molecule has 6 rings (SSSR count). The second-order valence-electron chi connectivity index (χ2n) is 15.8. The summed E-state index contributed by atoms with van der Waals surface area (Å²) in [5.74, 6) is 1.11. The standard InChI is InChI=1S/C35H51N3O3/c1-8-40-30(39)34(7)17-9-16-33(6)27(34)15-19-35-20-29(32(5,23-35)18-14-28(33)35)41-22-25-21-38(37-36-25)26-12-10-24(11-13-26)31(2,3)4/h10-13,21,27-29H,8-9,14-20,22-23H2,1-7H3/t27-,28-,29+,32-,33+,34+,35-/m0/s1. The first kappa shape index (κ1) is 28.9. The van der Waals surface area contributed by atoms with Gasteiger partial charge >= 0.3 is 5.97 Å². The van der Waals surface area contributed by atoms with Gasteiger partial charge in [0.15, 0.2) is 0 Å². The fraction of sp³-hybridized carbons (Fsp3) is 0.743. The predicted octanol–water partition coefficient (Wildman–Crippen LogP) is 7.82. The zero-order valence-electron chi connectivity index (χ0n) is 26.5. The van der Waals surface area contributed by atoms with Crippen LogP contribution in [0.25, 0.3) is 5.69 Å². The highest BCUT2D eigenvalue weighted by Gasteiger charge is 2.68. The van der Waals surface area contributed by atoms with Crippen LogP contribution in [-0.4, -0.2) is 33.7 Å². The molecule has 0 N–H and O–H groups in total. The fourth-order valence-electron chi connectivity index (χ4n) is 10.3. The Morgan fingerprint density at radius 2 is 1.76 bits per heavy atom. The van der Waals surface area contributed by atoms with Gasteiger partial charge in [-0.2, -0.15) is 0 Å². The number of rotatable bonds is 6. The van der Waals surface area contributed by atoms with E-state index in [1.807, 2.05) is 17.8 Å². The van der Waals surface area contributed by atoms with Crippen molar-refractivity contribution in [1.29, 1.82) is 0 Å². The molecule has 0 saturated heterocycles. The Kier molecular flexibility index (Phi) is 6.99. The first-order valence-corrected chi connectivity index (χ1v) is 16.1. The molecule has 0 radical (unpaired) electrons. The van der Waals surface area contributed by atoms with Gasteiger partial charge in [0.25, 0.3) is 0 Å². The lowest BCUT2D eigenvalue weighted by Crippen LogP contribution is -2.58. The number of hydrogen-bond donors (Lipinski definition) is 0. The Hall–Kier alpha value is -2.21. The Labute approximate surface area is 247 Å². The molecule has 4 fully saturated rings. The van der Waals surface area contributed by atoms with Gasteiger partial charge in [0.05, 0.1) is 36.6 Å². The maximum atomic E-state index is 13.2. The third kappa shape index (κ3) is 4.67. The van der Waals surface area contributed by atoms with Crippen LogP contribution in [-0.2, 0) is 26.3 Å². The summed E-state index contributed by atoms with van der Waals surface area (Å²) in [5.41, 5.74) is 3.72. The van der Waals surface area contributed by atoms with Gasteiger partial charge in [0, 0.05) is 0 Å². The third-order valence-electron chi connectivity index (χ3n) is 12.3. The van der Waals surface area contributed by atoms with Crippen molar-refractivity contribution in [2.24, 2.45) is 33.5 Å². The molecule has 2 bridgehead atoms. The molecule has 1 aromatic carbocycles. The molecule has 0 aliphatic heterocycles. The maximum absolute atomic E-state index is 13.2. The van der Waals surface area contributed by atoms with Gasteiger partial charge < -0.3 is 9.47 Å². The van der Waals surface area contributed by atoms with E-state index in [0.29, 0.717) is 30.5 Å². The monoisotopic (exact) mass is 561 g/mol. The summed E-state index contributed by atoms with van der Waals surface area (Å²) in [7, 11) is 0. The minimum absolute atomic E-state index is 0.0401. The molecule has 0 unspecified atom stereocenters. The van der Waals surface area contributed by atoms with E-state index >= 15 is 0 Å². The first-order chi connectivity index (χ1) is 19.3. The van der Waals surface area contributed by atoms with E-state index in [2.05, 4.69) is 76.1 Å². The van der Waals surface area contributed by atoms with Crippen LogP contribution < -0.4 is 0 Å². The van der Waals surface area contributed by atoms with Gasteiger partial charge in [-0.15, -0.1) is 5.10 Å². The van der Waals surface area contributed by atoms with E-state index in [-0.39, 0.29) is 33.7 Å². The van der Waals surface area contributed by atoms with Crippen LogP contribution in [0.2, 0.25) is 0 Å². The number of nitrogens with zero attached hydrogens (tertiary/aromatic N) is 3. The van der Waals surface area contributed by atoms with Crippen LogP contribution in [0.15, 0.2) is 30.5 Å². The molecule has 1 spiro atoms. The summed E-state index contributed by atoms with van der Waals surface area (Å²) in [6, 6.07) is 8.60. The molecule has 2 aromatic rings. The predicted molar refractivity (Wildman–Crippen MR) is 161 cm³/mol. The van der Waals surface area contributed by atoms with E-state index in [1.54, 1.807) is 0 Å². The lowest BCUT2D eigenvalue weighted by atomic mass is 9.40. The molecular weight excluding hydrogens is 510 g/mol. The van der Waals surface area contributed by atoms with E-state index in [1.165, 1.54) is 37.7 Å². The number of benzene rings is 1. The van der Waals surface area contributed by atoms with Gasteiger partial charge in [-0.05, 0) is 116 Å². The lowest BCUT2D eigenvalue weighted by Gasteiger charge is -2.64. The molecule has 1 heterocycles. The Bertz CT molecular complexity index is 1280. The number of ether oxygens (including phenoxy) is 2. The van der Waals surface area contributed by atoms with Crippen LogP contribution in [0, 0.1) is 33.5 Å². The highest BCUT2D eigenvalue weighted by Crippen LogP contribution is 2.74. The molecule has 4 aliphatic carbocycles. The quantitative estimate of drug-likeness (QED) is 0.337. The summed E-state index contributed by atoms with van der Waals surface area (Å²) in [6.07, 6.45) is 12.8. The lowest BCUT2D eigenvalue weighted by molar-refractivity contribution is -0.187. The number of fused-ring (bicyclic) bond motifs is 3. The summed E-state index contributed by atoms with van der Waals surface area (Å²) in [6.45, 7) is 16.8. The van der Waals surface area contributed by atoms with E-state index in [0.717, 1.165) is 37.1 Å². The Morgan fingerprint density at radius 3 is 2.46 bits per heavy atom.